The van der Waals surface area contributed by atoms with Crippen molar-refractivity contribution in [2.45, 2.75) is 57.5 Å². The van der Waals surface area contributed by atoms with E-state index in [4.69, 9.17) is 16.3 Å². The Morgan fingerprint density at radius 2 is 1.59 bits per heavy atom. The van der Waals surface area contributed by atoms with Crippen LogP contribution in [-0.2, 0) is 26.2 Å². The topological polar surface area (TPSA) is 96.0 Å². The summed E-state index contributed by atoms with van der Waals surface area (Å²) in [6.45, 7) is 5.87. The lowest BCUT2D eigenvalue weighted by atomic mass is 10.1. The van der Waals surface area contributed by atoms with Gasteiger partial charge in [0.15, 0.2) is 0 Å². The lowest BCUT2D eigenvalue weighted by Crippen LogP contribution is -2.52. The van der Waals surface area contributed by atoms with E-state index >= 15 is 0 Å². The second kappa shape index (κ2) is 14.9. The first-order chi connectivity index (χ1) is 19.6. The van der Waals surface area contributed by atoms with Crippen LogP contribution in [0.3, 0.4) is 0 Å². The maximum Gasteiger partial charge on any atom is 0.264 e. The van der Waals surface area contributed by atoms with Crippen LogP contribution in [0.1, 0.15) is 44.2 Å². The minimum atomic E-state index is -4.16. The monoisotopic (exact) mass is 599 g/mol. The van der Waals surface area contributed by atoms with Gasteiger partial charge in [-0.05, 0) is 73.9 Å². The van der Waals surface area contributed by atoms with Crippen molar-refractivity contribution in [3.8, 4) is 5.75 Å². The first-order valence-corrected chi connectivity index (χ1v) is 15.5. The third kappa shape index (κ3) is 8.47. The molecule has 0 bridgehead atoms. The Balaban J connectivity index is 2.02. The highest BCUT2D eigenvalue weighted by Gasteiger charge is 2.33. The zero-order valence-electron chi connectivity index (χ0n) is 24.0. The van der Waals surface area contributed by atoms with Gasteiger partial charge in [-0.15, -0.1) is 0 Å². The number of aryl methyl sites for hydroxylation is 1. The summed E-state index contributed by atoms with van der Waals surface area (Å²) in [6, 6.07) is 19.1. The summed E-state index contributed by atoms with van der Waals surface area (Å²) >= 11 is 6.07. The quantitative estimate of drug-likeness (QED) is 0.244. The third-order valence-electron chi connectivity index (χ3n) is 6.73. The smallest absolute Gasteiger partial charge is 0.264 e. The van der Waals surface area contributed by atoms with Gasteiger partial charge < -0.3 is 15.0 Å². The number of unbranched alkanes of at least 4 members (excludes halogenated alkanes) is 1. The van der Waals surface area contributed by atoms with Gasteiger partial charge in [-0.3, -0.25) is 13.9 Å². The minimum Gasteiger partial charge on any atom is -0.497 e. The van der Waals surface area contributed by atoms with E-state index in [0.717, 1.165) is 28.3 Å². The zero-order valence-corrected chi connectivity index (χ0v) is 25.5. The number of benzene rings is 3. The molecule has 0 aliphatic carbocycles. The number of nitrogens with one attached hydrogen (secondary N) is 1. The van der Waals surface area contributed by atoms with Crippen molar-refractivity contribution >= 4 is 39.1 Å². The van der Waals surface area contributed by atoms with E-state index in [9.17, 15) is 18.0 Å². The molecule has 0 unspecified atom stereocenters. The van der Waals surface area contributed by atoms with E-state index in [1.165, 1.54) is 24.1 Å². The summed E-state index contributed by atoms with van der Waals surface area (Å²) in [5.74, 6) is -0.269. The number of halogens is 1. The van der Waals surface area contributed by atoms with Gasteiger partial charge in [0.25, 0.3) is 10.0 Å². The van der Waals surface area contributed by atoms with Crippen LogP contribution in [0.25, 0.3) is 0 Å². The van der Waals surface area contributed by atoms with Crippen molar-refractivity contribution in [2.75, 3.05) is 24.5 Å². The number of nitrogens with zero attached hydrogens (tertiary/aromatic N) is 2. The predicted octanol–water partition coefficient (Wildman–Crippen LogP) is 5.58. The van der Waals surface area contributed by atoms with Crippen LogP contribution < -0.4 is 14.4 Å². The van der Waals surface area contributed by atoms with Crippen molar-refractivity contribution in [2.24, 2.45) is 0 Å². The maximum atomic E-state index is 14.1. The fourth-order valence-corrected chi connectivity index (χ4v) is 5.87. The van der Waals surface area contributed by atoms with E-state index < -0.39 is 28.5 Å². The molecule has 0 fully saturated rings. The number of carbonyl (C=O) groups is 2. The fourth-order valence-electron chi connectivity index (χ4n) is 4.33. The summed E-state index contributed by atoms with van der Waals surface area (Å²) in [6.07, 6.45) is 2.08. The zero-order chi connectivity index (χ0) is 30.0. The summed E-state index contributed by atoms with van der Waals surface area (Å²) in [7, 11) is -2.66. The molecule has 0 saturated carbocycles. The maximum absolute atomic E-state index is 14.1. The largest absolute Gasteiger partial charge is 0.497 e. The Kier molecular flexibility index (Phi) is 11.6. The molecule has 8 nitrogen and oxygen atoms in total. The Morgan fingerprint density at radius 3 is 2.15 bits per heavy atom. The summed E-state index contributed by atoms with van der Waals surface area (Å²) < 4.78 is 34.2. The number of methoxy groups -OCH3 is 1. The number of hydrogen-bond donors (Lipinski definition) is 1. The highest BCUT2D eigenvalue weighted by molar-refractivity contribution is 7.92. The first kappa shape index (κ1) is 32.0. The first-order valence-electron chi connectivity index (χ1n) is 13.7. The van der Waals surface area contributed by atoms with Crippen molar-refractivity contribution < 1.29 is 22.7 Å². The molecule has 10 heteroatoms. The van der Waals surface area contributed by atoms with Crippen LogP contribution in [0.15, 0.2) is 77.7 Å². The van der Waals surface area contributed by atoms with Gasteiger partial charge in [-0.25, -0.2) is 8.42 Å². The van der Waals surface area contributed by atoms with Gasteiger partial charge in [0.05, 0.1) is 17.7 Å². The Bertz CT molecular complexity index is 1400. The van der Waals surface area contributed by atoms with Crippen molar-refractivity contribution in [1.29, 1.82) is 0 Å². The second-order valence-corrected chi connectivity index (χ2v) is 12.0. The molecule has 0 aliphatic rings. The number of sulfonamides is 1. The van der Waals surface area contributed by atoms with Gasteiger partial charge in [0.2, 0.25) is 11.8 Å². The Hall–Kier alpha value is -3.56. The van der Waals surface area contributed by atoms with E-state index in [2.05, 4.69) is 5.32 Å². The molecule has 0 heterocycles. The molecular formula is C31H38ClN3O5S. The van der Waals surface area contributed by atoms with Gasteiger partial charge in [-0.1, -0.05) is 61.7 Å². The number of amides is 2. The molecule has 220 valence electrons. The lowest BCUT2D eigenvalue weighted by molar-refractivity contribution is -0.140. The average Bonchev–Trinajstić information content (AvgIpc) is 2.97. The molecule has 1 N–H and O–H groups in total. The number of anilines is 1. The van der Waals surface area contributed by atoms with Crippen LogP contribution in [-0.4, -0.2) is 51.4 Å². The molecule has 0 radical (unpaired) electrons. The molecule has 0 aliphatic heterocycles. The molecular weight excluding hydrogens is 562 g/mol. The van der Waals surface area contributed by atoms with Gasteiger partial charge in [-0.2, -0.15) is 0 Å². The number of rotatable bonds is 14. The summed E-state index contributed by atoms with van der Waals surface area (Å²) in [4.78, 5) is 28.8. The normalized spacial score (nSPS) is 11.9. The summed E-state index contributed by atoms with van der Waals surface area (Å²) in [5.41, 5.74) is 2.05. The van der Waals surface area contributed by atoms with Crippen molar-refractivity contribution in [3.05, 3.63) is 88.9 Å². The number of carbonyl (C=O) groups excluding carboxylic acids is 2. The highest BCUT2D eigenvalue weighted by Crippen LogP contribution is 2.26. The predicted molar refractivity (Wildman–Crippen MR) is 163 cm³/mol. The van der Waals surface area contributed by atoms with E-state index in [1.54, 1.807) is 60.7 Å². The molecule has 0 aromatic heterocycles. The molecule has 1 atom stereocenters. The fraction of sp³-hybridized carbons (Fsp3) is 0.355. The lowest BCUT2D eigenvalue weighted by Gasteiger charge is -2.33. The van der Waals surface area contributed by atoms with E-state index in [1.807, 2.05) is 20.8 Å². The molecule has 0 saturated heterocycles. The van der Waals surface area contributed by atoms with Crippen LogP contribution in [0.4, 0.5) is 5.69 Å². The van der Waals surface area contributed by atoms with Gasteiger partial charge in [0, 0.05) is 18.1 Å². The van der Waals surface area contributed by atoms with Crippen LogP contribution in [0.5, 0.6) is 5.75 Å². The molecule has 41 heavy (non-hydrogen) atoms. The number of ether oxygens (including phenoxy) is 1. The minimum absolute atomic E-state index is 0.0141. The van der Waals surface area contributed by atoms with Crippen LogP contribution >= 0.6 is 11.6 Å². The van der Waals surface area contributed by atoms with Crippen molar-refractivity contribution in [1.82, 2.24) is 10.2 Å². The molecule has 2 amide bonds. The van der Waals surface area contributed by atoms with E-state index in [0.29, 0.717) is 29.4 Å². The SMILES string of the molecule is CCCCNC(=O)[C@H](CC)N(Cc1ccc(Cl)cc1)C(=O)CN(c1ccc(C)cc1)S(=O)(=O)c1ccc(OC)cc1. The highest BCUT2D eigenvalue weighted by atomic mass is 35.5. The molecule has 3 aromatic rings. The van der Waals surface area contributed by atoms with Crippen LogP contribution in [0.2, 0.25) is 5.02 Å². The van der Waals surface area contributed by atoms with E-state index in [-0.39, 0.29) is 17.3 Å². The number of hydrogen-bond acceptors (Lipinski definition) is 5. The van der Waals surface area contributed by atoms with Gasteiger partial charge >= 0.3 is 0 Å². The van der Waals surface area contributed by atoms with Crippen LogP contribution in [0, 0.1) is 6.92 Å². The van der Waals surface area contributed by atoms with Crippen molar-refractivity contribution in [3.63, 3.8) is 0 Å². The summed E-state index contributed by atoms with van der Waals surface area (Å²) in [5, 5.41) is 3.47. The average molecular weight is 600 g/mol. The second-order valence-electron chi connectivity index (χ2n) is 9.74. The third-order valence-corrected chi connectivity index (χ3v) is 8.77. The molecule has 3 aromatic carbocycles. The standard InChI is InChI=1S/C31H38ClN3O5S/c1-5-7-20-33-31(37)29(6-2)34(21-24-10-12-25(32)13-11-24)30(36)22-35(26-14-8-23(3)9-15-26)41(38,39)28-18-16-27(40-4)17-19-28/h8-19,29H,5-7,20-22H2,1-4H3,(H,33,37)/t29-/m0/s1. The Morgan fingerprint density at radius 1 is 0.951 bits per heavy atom. The molecule has 3 rings (SSSR count). The Labute approximate surface area is 248 Å². The molecule has 0 spiro atoms. The van der Waals surface area contributed by atoms with Gasteiger partial charge in [0.1, 0.15) is 18.3 Å².